The lowest BCUT2D eigenvalue weighted by molar-refractivity contribution is 0.966. The van der Waals surface area contributed by atoms with Crippen molar-refractivity contribution in [1.29, 1.82) is 0 Å². The molecule has 0 atom stereocenters. The van der Waals surface area contributed by atoms with Crippen molar-refractivity contribution < 1.29 is 0 Å². The smallest absolute Gasteiger partial charge is 0.116 e. The number of nitrogens with two attached hydrogens (primary N) is 1. The van der Waals surface area contributed by atoms with Gasteiger partial charge < -0.3 is 5.73 Å². The van der Waals surface area contributed by atoms with Crippen LogP contribution in [-0.4, -0.2) is 9.97 Å². The average Bonchev–Trinajstić information content (AvgIpc) is 2.56. The summed E-state index contributed by atoms with van der Waals surface area (Å²) in [6.45, 7) is 0.428. The molecule has 0 saturated carbocycles. The van der Waals surface area contributed by atoms with E-state index in [2.05, 4.69) is 46.4 Å². The maximum absolute atomic E-state index is 5.61. The molecule has 0 amide bonds. The summed E-state index contributed by atoms with van der Waals surface area (Å²) in [6, 6.07) is 20.6. The van der Waals surface area contributed by atoms with Crippen LogP contribution in [-0.2, 0) is 6.54 Å². The van der Waals surface area contributed by atoms with Crippen molar-refractivity contribution in [3.63, 3.8) is 0 Å². The molecule has 0 aliphatic heterocycles. The van der Waals surface area contributed by atoms with Gasteiger partial charge in [0.2, 0.25) is 0 Å². The van der Waals surface area contributed by atoms with Gasteiger partial charge in [0.05, 0.1) is 11.4 Å². The Morgan fingerprint density at radius 2 is 1.40 bits per heavy atom. The van der Waals surface area contributed by atoms with Gasteiger partial charge >= 0.3 is 0 Å². The molecule has 0 fully saturated rings. The van der Waals surface area contributed by atoms with Crippen molar-refractivity contribution in [2.45, 2.75) is 6.54 Å². The van der Waals surface area contributed by atoms with E-state index < -0.39 is 0 Å². The van der Waals surface area contributed by atoms with Crippen molar-refractivity contribution in [2.75, 3.05) is 0 Å². The minimum Gasteiger partial charge on any atom is -0.325 e. The summed E-state index contributed by atoms with van der Waals surface area (Å²) in [5.41, 5.74) is 10.8. The van der Waals surface area contributed by atoms with Crippen LogP contribution in [0.5, 0.6) is 0 Å². The molecule has 3 heteroatoms. The number of hydrogen-bond acceptors (Lipinski definition) is 3. The largest absolute Gasteiger partial charge is 0.325 e. The molecule has 0 aliphatic carbocycles. The first-order valence-electron chi connectivity index (χ1n) is 6.53. The third-order valence-corrected chi connectivity index (χ3v) is 3.22. The van der Waals surface area contributed by atoms with Crippen molar-refractivity contribution in [3.05, 3.63) is 72.7 Å². The number of aromatic nitrogens is 2. The Labute approximate surface area is 118 Å². The van der Waals surface area contributed by atoms with E-state index in [1.165, 1.54) is 11.1 Å². The van der Waals surface area contributed by atoms with Crippen LogP contribution in [0, 0.1) is 0 Å². The Bertz CT molecular complexity index is 691. The van der Waals surface area contributed by atoms with Crippen LogP contribution in [0.25, 0.3) is 22.4 Å². The number of rotatable bonds is 3. The van der Waals surface area contributed by atoms with Gasteiger partial charge in [-0.15, -0.1) is 0 Å². The maximum Gasteiger partial charge on any atom is 0.116 e. The molecule has 0 spiro atoms. The molecular weight excluding hydrogens is 246 g/mol. The van der Waals surface area contributed by atoms with Crippen molar-refractivity contribution in [3.8, 4) is 22.4 Å². The Kier molecular flexibility index (Phi) is 3.52. The van der Waals surface area contributed by atoms with Gasteiger partial charge in [0.1, 0.15) is 6.33 Å². The first-order valence-corrected chi connectivity index (χ1v) is 6.53. The number of hydrogen-bond donors (Lipinski definition) is 1. The highest BCUT2D eigenvalue weighted by atomic mass is 14.8. The van der Waals surface area contributed by atoms with Crippen LogP contribution >= 0.6 is 0 Å². The van der Waals surface area contributed by atoms with Crippen LogP contribution in [0.15, 0.2) is 67.0 Å². The quantitative estimate of drug-likeness (QED) is 0.787. The third kappa shape index (κ3) is 2.58. The fraction of sp³-hybridized carbons (Fsp3) is 0.0588. The molecule has 3 nitrogen and oxygen atoms in total. The summed E-state index contributed by atoms with van der Waals surface area (Å²) in [5, 5.41) is 0. The Morgan fingerprint density at radius 1 is 0.750 bits per heavy atom. The zero-order chi connectivity index (χ0) is 13.8. The molecule has 0 saturated heterocycles. The molecule has 1 heterocycles. The van der Waals surface area contributed by atoms with E-state index in [4.69, 9.17) is 5.73 Å². The first-order chi connectivity index (χ1) is 9.86. The van der Waals surface area contributed by atoms with Gasteiger partial charge in [-0.05, 0) is 17.2 Å². The molecule has 3 aromatic rings. The van der Waals surface area contributed by atoms with E-state index in [1.54, 1.807) is 6.33 Å². The fourth-order valence-corrected chi connectivity index (χ4v) is 2.13. The Hall–Kier alpha value is -2.52. The van der Waals surface area contributed by atoms with Gasteiger partial charge in [-0.3, -0.25) is 0 Å². The third-order valence-electron chi connectivity index (χ3n) is 3.22. The minimum atomic E-state index is 0.428. The first kappa shape index (κ1) is 12.5. The van der Waals surface area contributed by atoms with Gasteiger partial charge in [-0.1, -0.05) is 54.6 Å². The fourth-order valence-electron chi connectivity index (χ4n) is 2.13. The second-order valence-corrected chi connectivity index (χ2v) is 4.54. The standard InChI is InChI=1S/C17H15N3/c18-11-16-10-17(20-12-19-16)15-8-6-14(7-9-15)13-4-2-1-3-5-13/h1-10,12H,11,18H2. The van der Waals surface area contributed by atoms with Crippen LogP contribution in [0.3, 0.4) is 0 Å². The highest BCUT2D eigenvalue weighted by molar-refractivity contribution is 5.68. The van der Waals surface area contributed by atoms with E-state index in [0.717, 1.165) is 17.0 Å². The van der Waals surface area contributed by atoms with Gasteiger partial charge in [0.25, 0.3) is 0 Å². The lowest BCUT2D eigenvalue weighted by Gasteiger charge is -2.05. The molecule has 0 bridgehead atoms. The van der Waals surface area contributed by atoms with Crippen LogP contribution < -0.4 is 5.73 Å². The minimum absolute atomic E-state index is 0.428. The second kappa shape index (κ2) is 5.63. The van der Waals surface area contributed by atoms with Crippen molar-refractivity contribution in [1.82, 2.24) is 9.97 Å². The lowest BCUT2D eigenvalue weighted by atomic mass is 10.0. The summed E-state index contributed by atoms with van der Waals surface area (Å²) in [7, 11) is 0. The average molecular weight is 261 g/mol. The van der Waals surface area contributed by atoms with Gasteiger partial charge in [0, 0.05) is 12.1 Å². The summed E-state index contributed by atoms with van der Waals surface area (Å²) >= 11 is 0. The van der Waals surface area contributed by atoms with Gasteiger partial charge in [-0.25, -0.2) is 9.97 Å². The zero-order valence-corrected chi connectivity index (χ0v) is 11.0. The van der Waals surface area contributed by atoms with Gasteiger partial charge in [0.15, 0.2) is 0 Å². The van der Waals surface area contributed by atoms with Crippen LogP contribution in [0.1, 0.15) is 5.69 Å². The SMILES string of the molecule is NCc1cc(-c2ccc(-c3ccccc3)cc2)ncn1. The van der Waals surface area contributed by atoms with Crippen LogP contribution in [0.4, 0.5) is 0 Å². The van der Waals surface area contributed by atoms with Crippen LogP contribution in [0.2, 0.25) is 0 Å². The number of nitrogens with zero attached hydrogens (tertiary/aromatic N) is 2. The lowest BCUT2D eigenvalue weighted by Crippen LogP contribution is -2.00. The molecule has 0 aliphatic rings. The predicted octanol–water partition coefficient (Wildman–Crippen LogP) is 3.27. The molecule has 2 aromatic carbocycles. The summed E-state index contributed by atoms with van der Waals surface area (Å²) < 4.78 is 0. The van der Waals surface area contributed by atoms with E-state index in [0.29, 0.717) is 6.54 Å². The molecular formula is C17H15N3. The van der Waals surface area contributed by atoms with E-state index >= 15 is 0 Å². The normalized spacial score (nSPS) is 10.4. The predicted molar refractivity (Wildman–Crippen MR) is 80.8 cm³/mol. The molecule has 0 radical (unpaired) electrons. The number of benzene rings is 2. The van der Waals surface area contributed by atoms with E-state index in [1.807, 2.05) is 24.3 Å². The molecule has 20 heavy (non-hydrogen) atoms. The summed E-state index contributed by atoms with van der Waals surface area (Å²) in [5.74, 6) is 0. The topological polar surface area (TPSA) is 51.8 Å². The molecule has 2 N–H and O–H groups in total. The highest BCUT2D eigenvalue weighted by Gasteiger charge is 2.02. The van der Waals surface area contributed by atoms with Crippen molar-refractivity contribution in [2.24, 2.45) is 5.73 Å². The van der Waals surface area contributed by atoms with Crippen molar-refractivity contribution >= 4 is 0 Å². The highest BCUT2D eigenvalue weighted by Crippen LogP contribution is 2.23. The van der Waals surface area contributed by atoms with E-state index in [-0.39, 0.29) is 0 Å². The Morgan fingerprint density at radius 3 is 2.10 bits per heavy atom. The van der Waals surface area contributed by atoms with E-state index in [9.17, 15) is 0 Å². The summed E-state index contributed by atoms with van der Waals surface area (Å²) in [4.78, 5) is 8.41. The van der Waals surface area contributed by atoms with Gasteiger partial charge in [-0.2, -0.15) is 0 Å². The second-order valence-electron chi connectivity index (χ2n) is 4.54. The molecule has 98 valence electrons. The Balaban J connectivity index is 1.93. The monoisotopic (exact) mass is 261 g/mol. The molecule has 0 unspecified atom stereocenters. The summed E-state index contributed by atoms with van der Waals surface area (Å²) in [6.07, 6.45) is 1.56. The zero-order valence-electron chi connectivity index (χ0n) is 11.0. The maximum atomic E-state index is 5.61. The molecule has 1 aromatic heterocycles. The molecule has 3 rings (SSSR count).